The van der Waals surface area contributed by atoms with Gasteiger partial charge in [0.15, 0.2) is 11.5 Å². The first-order valence-electron chi connectivity index (χ1n) is 8.52. The van der Waals surface area contributed by atoms with Crippen LogP contribution in [0.4, 0.5) is 5.69 Å². The normalized spacial score (nSPS) is 12.8. The second kappa shape index (κ2) is 6.63. The van der Waals surface area contributed by atoms with E-state index in [0.29, 0.717) is 42.5 Å². The molecule has 0 saturated carbocycles. The number of hydrogen-bond donors (Lipinski definition) is 1. The molecule has 3 heterocycles. The number of benzene rings is 1. The molecule has 3 aromatic rings. The Morgan fingerprint density at radius 2 is 1.92 bits per heavy atom. The molecular formula is C20H20N2O4. The Kier molecular flexibility index (Phi) is 4.16. The molecule has 1 aliphatic rings. The Morgan fingerprint density at radius 3 is 2.69 bits per heavy atom. The number of amides is 1. The minimum Gasteiger partial charge on any atom is -0.486 e. The zero-order valence-electron chi connectivity index (χ0n) is 14.7. The van der Waals surface area contributed by atoms with E-state index in [0.717, 1.165) is 17.1 Å². The third-order valence-corrected chi connectivity index (χ3v) is 4.51. The molecule has 6 heteroatoms. The summed E-state index contributed by atoms with van der Waals surface area (Å²) in [7, 11) is 0. The molecule has 1 aliphatic heterocycles. The Bertz CT molecular complexity index is 941. The Labute approximate surface area is 151 Å². The lowest BCUT2D eigenvalue weighted by Crippen LogP contribution is -2.17. The number of ether oxygens (including phenoxy) is 2. The van der Waals surface area contributed by atoms with Crippen molar-refractivity contribution >= 4 is 11.6 Å². The van der Waals surface area contributed by atoms with Gasteiger partial charge in [0.05, 0.1) is 18.4 Å². The van der Waals surface area contributed by atoms with Crippen molar-refractivity contribution in [3.05, 3.63) is 65.4 Å². The van der Waals surface area contributed by atoms with Gasteiger partial charge in [-0.05, 0) is 44.2 Å². The van der Waals surface area contributed by atoms with Crippen molar-refractivity contribution in [2.45, 2.75) is 20.4 Å². The van der Waals surface area contributed by atoms with E-state index in [9.17, 15) is 4.79 Å². The van der Waals surface area contributed by atoms with Crippen molar-refractivity contribution in [2.75, 3.05) is 18.5 Å². The standard InChI is InChI=1S/C20H20N2O4/c1-13-10-17(14(2)22(13)12-16-4-3-7-24-16)20(23)21-15-5-6-18-19(11-15)26-9-8-25-18/h3-7,10-11H,8-9,12H2,1-2H3,(H,21,23). The lowest BCUT2D eigenvalue weighted by Gasteiger charge is -2.19. The fourth-order valence-electron chi connectivity index (χ4n) is 3.15. The summed E-state index contributed by atoms with van der Waals surface area (Å²) in [5.74, 6) is 2.05. The van der Waals surface area contributed by atoms with Crippen molar-refractivity contribution in [2.24, 2.45) is 0 Å². The highest BCUT2D eigenvalue weighted by Crippen LogP contribution is 2.32. The molecule has 4 rings (SSSR count). The minimum atomic E-state index is -0.152. The molecule has 1 N–H and O–H groups in total. The average Bonchev–Trinajstić information content (AvgIpc) is 3.25. The molecule has 0 aliphatic carbocycles. The summed E-state index contributed by atoms with van der Waals surface area (Å²) in [5.41, 5.74) is 3.22. The predicted octanol–water partition coefficient (Wildman–Crippen LogP) is 3.77. The quantitative estimate of drug-likeness (QED) is 0.776. The number of carbonyl (C=O) groups excluding carboxylic acids is 1. The van der Waals surface area contributed by atoms with Gasteiger partial charge < -0.3 is 23.8 Å². The van der Waals surface area contributed by atoms with E-state index in [4.69, 9.17) is 13.9 Å². The van der Waals surface area contributed by atoms with Crippen molar-refractivity contribution < 1.29 is 18.7 Å². The maximum atomic E-state index is 12.8. The van der Waals surface area contributed by atoms with Crippen LogP contribution in [0.2, 0.25) is 0 Å². The Morgan fingerprint density at radius 1 is 1.12 bits per heavy atom. The summed E-state index contributed by atoms with van der Waals surface area (Å²) in [5, 5.41) is 2.94. The van der Waals surface area contributed by atoms with Crippen LogP contribution in [0.25, 0.3) is 0 Å². The second-order valence-electron chi connectivity index (χ2n) is 6.26. The molecule has 6 nitrogen and oxygen atoms in total. The lowest BCUT2D eigenvalue weighted by molar-refractivity contribution is 0.102. The van der Waals surface area contributed by atoms with Crippen LogP contribution in [-0.2, 0) is 6.54 Å². The van der Waals surface area contributed by atoms with Crippen LogP contribution in [0.1, 0.15) is 27.5 Å². The van der Waals surface area contributed by atoms with Gasteiger partial charge in [0.2, 0.25) is 0 Å². The molecule has 0 spiro atoms. The monoisotopic (exact) mass is 352 g/mol. The number of rotatable bonds is 4. The van der Waals surface area contributed by atoms with Crippen LogP contribution >= 0.6 is 0 Å². The maximum absolute atomic E-state index is 12.8. The number of hydrogen-bond acceptors (Lipinski definition) is 4. The van der Waals surface area contributed by atoms with Gasteiger partial charge in [0.1, 0.15) is 19.0 Å². The first kappa shape index (κ1) is 16.3. The average molecular weight is 352 g/mol. The van der Waals surface area contributed by atoms with E-state index in [1.807, 2.05) is 44.2 Å². The smallest absolute Gasteiger partial charge is 0.257 e. The zero-order chi connectivity index (χ0) is 18.1. The van der Waals surface area contributed by atoms with E-state index in [2.05, 4.69) is 9.88 Å². The first-order valence-corrected chi connectivity index (χ1v) is 8.52. The summed E-state index contributed by atoms with van der Waals surface area (Å²) < 4.78 is 18.6. The fourth-order valence-corrected chi connectivity index (χ4v) is 3.15. The zero-order valence-corrected chi connectivity index (χ0v) is 14.7. The summed E-state index contributed by atoms with van der Waals surface area (Å²) in [6, 6.07) is 11.1. The minimum absolute atomic E-state index is 0.152. The van der Waals surface area contributed by atoms with Crippen LogP contribution in [0.3, 0.4) is 0 Å². The number of carbonyl (C=O) groups is 1. The summed E-state index contributed by atoms with van der Waals surface area (Å²) in [4.78, 5) is 12.8. The van der Waals surface area contributed by atoms with Crippen molar-refractivity contribution in [1.82, 2.24) is 4.57 Å². The van der Waals surface area contributed by atoms with Gasteiger partial charge in [-0.25, -0.2) is 0 Å². The van der Waals surface area contributed by atoms with E-state index in [-0.39, 0.29) is 5.91 Å². The molecule has 1 aromatic carbocycles. The molecule has 1 amide bonds. The predicted molar refractivity (Wildman–Crippen MR) is 97.1 cm³/mol. The third-order valence-electron chi connectivity index (χ3n) is 4.51. The third kappa shape index (κ3) is 3.06. The van der Waals surface area contributed by atoms with E-state index in [1.165, 1.54) is 0 Å². The molecule has 2 aromatic heterocycles. The Balaban J connectivity index is 1.55. The number of aryl methyl sites for hydroxylation is 1. The number of anilines is 1. The maximum Gasteiger partial charge on any atom is 0.257 e. The highest BCUT2D eigenvalue weighted by atomic mass is 16.6. The number of furan rings is 1. The van der Waals surface area contributed by atoms with Crippen LogP contribution in [-0.4, -0.2) is 23.7 Å². The highest BCUT2D eigenvalue weighted by Gasteiger charge is 2.18. The molecule has 134 valence electrons. The fraction of sp³-hybridized carbons (Fsp3) is 0.250. The van der Waals surface area contributed by atoms with E-state index >= 15 is 0 Å². The molecule has 0 saturated heterocycles. The van der Waals surface area contributed by atoms with E-state index < -0.39 is 0 Å². The summed E-state index contributed by atoms with van der Waals surface area (Å²) in [6.07, 6.45) is 1.65. The SMILES string of the molecule is Cc1cc(C(=O)Nc2ccc3c(c2)OCCO3)c(C)n1Cc1ccco1. The van der Waals surface area contributed by atoms with Gasteiger partial charge in [-0.1, -0.05) is 0 Å². The van der Waals surface area contributed by atoms with Crippen molar-refractivity contribution in [3.8, 4) is 11.5 Å². The van der Waals surface area contributed by atoms with Gasteiger partial charge >= 0.3 is 0 Å². The highest BCUT2D eigenvalue weighted by molar-refractivity contribution is 6.05. The largest absolute Gasteiger partial charge is 0.486 e. The molecule has 0 radical (unpaired) electrons. The molecule has 26 heavy (non-hydrogen) atoms. The summed E-state index contributed by atoms with van der Waals surface area (Å²) in [6.45, 7) is 5.58. The van der Waals surface area contributed by atoms with Gasteiger partial charge in [0, 0.05) is 23.1 Å². The molecule has 0 atom stereocenters. The topological polar surface area (TPSA) is 65.6 Å². The van der Waals surface area contributed by atoms with Crippen LogP contribution in [0.5, 0.6) is 11.5 Å². The Hall–Kier alpha value is -3.15. The van der Waals surface area contributed by atoms with Crippen LogP contribution < -0.4 is 14.8 Å². The van der Waals surface area contributed by atoms with Gasteiger partial charge in [-0.15, -0.1) is 0 Å². The van der Waals surface area contributed by atoms with Crippen LogP contribution in [0.15, 0.2) is 47.1 Å². The summed E-state index contributed by atoms with van der Waals surface area (Å²) >= 11 is 0. The number of aromatic nitrogens is 1. The molecule has 0 fully saturated rings. The van der Waals surface area contributed by atoms with Crippen molar-refractivity contribution in [3.63, 3.8) is 0 Å². The molecule has 0 bridgehead atoms. The van der Waals surface area contributed by atoms with Crippen molar-refractivity contribution in [1.29, 1.82) is 0 Å². The lowest BCUT2D eigenvalue weighted by atomic mass is 10.2. The number of nitrogens with one attached hydrogen (secondary N) is 1. The van der Waals surface area contributed by atoms with Crippen LogP contribution in [0, 0.1) is 13.8 Å². The first-order chi connectivity index (χ1) is 12.6. The number of nitrogens with zero attached hydrogens (tertiary/aromatic N) is 1. The van der Waals surface area contributed by atoms with E-state index in [1.54, 1.807) is 12.3 Å². The van der Waals surface area contributed by atoms with Gasteiger partial charge in [0.25, 0.3) is 5.91 Å². The number of fused-ring (bicyclic) bond motifs is 1. The second-order valence-corrected chi connectivity index (χ2v) is 6.26. The van der Waals surface area contributed by atoms with Gasteiger partial charge in [-0.2, -0.15) is 0 Å². The molecular weight excluding hydrogens is 332 g/mol. The van der Waals surface area contributed by atoms with Gasteiger partial charge in [-0.3, -0.25) is 4.79 Å². The molecule has 0 unspecified atom stereocenters.